The van der Waals surface area contributed by atoms with Crippen molar-refractivity contribution in [1.82, 2.24) is 0 Å². The second kappa shape index (κ2) is 14.4. The average molecular weight is 811 g/mol. The number of hydrogen-bond acceptors (Lipinski definition) is 4. The van der Waals surface area contributed by atoms with E-state index >= 15 is 0 Å². The topological polar surface area (TPSA) is 32.8 Å². The maximum atomic E-state index is 6.74. The summed E-state index contributed by atoms with van der Waals surface area (Å²) in [5.74, 6) is 0. The predicted octanol–water partition coefficient (Wildman–Crippen LogP) is 17.3. The zero-order valence-electron chi connectivity index (χ0n) is 38.1. The minimum atomic E-state index is 0.862. The summed E-state index contributed by atoms with van der Waals surface area (Å²) in [4.78, 5) is 4.75. The van der Waals surface area contributed by atoms with Crippen LogP contribution in [-0.2, 0) is 0 Å². The highest BCUT2D eigenvalue weighted by atomic mass is 16.3. The summed E-state index contributed by atoms with van der Waals surface area (Å²) in [7, 11) is 0. The third-order valence-electron chi connectivity index (χ3n) is 14.2. The van der Waals surface area contributed by atoms with Crippen LogP contribution in [0.5, 0.6) is 0 Å². The molecule has 0 radical (unpaired) electrons. The standard InChI is InChI=1S/C58H54N2O2/c1-31-17-47(18-32(2)39(31)9)59(48-19-33(3)40(10)34(4)20-48)45-13-15-51-53-25-43-26-54-52-16-14-46(30-58(52)62-56(54)28-44(43)27-55(53)61-57(51)29-45)60(49-21-35(5)41(11)36(6)22-49)50-23-37(7)42(12)38(8)24-50/h13-30H,1-12H3. The number of rotatable bonds is 6. The van der Waals surface area contributed by atoms with Gasteiger partial charge in [0.15, 0.2) is 0 Å². The number of aryl methyl sites for hydroxylation is 8. The Hall–Kier alpha value is -6.78. The lowest BCUT2D eigenvalue weighted by Crippen LogP contribution is -2.12. The van der Waals surface area contributed by atoms with Gasteiger partial charge < -0.3 is 18.6 Å². The molecular weight excluding hydrogens is 757 g/mol. The van der Waals surface area contributed by atoms with E-state index in [1.165, 1.54) is 66.8 Å². The molecule has 2 aromatic heterocycles. The molecule has 4 heteroatoms. The van der Waals surface area contributed by atoms with Crippen LogP contribution in [0.4, 0.5) is 34.1 Å². The van der Waals surface area contributed by atoms with Gasteiger partial charge in [0.05, 0.1) is 0 Å². The molecule has 0 spiro atoms. The third-order valence-corrected chi connectivity index (χ3v) is 14.2. The molecule has 0 fully saturated rings. The molecule has 62 heavy (non-hydrogen) atoms. The Labute approximate surface area is 365 Å². The van der Waals surface area contributed by atoms with E-state index in [-0.39, 0.29) is 0 Å². The fourth-order valence-electron chi connectivity index (χ4n) is 9.51. The van der Waals surface area contributed by atoms with E-state index in [1.54, 1.807) is 0 Å². The molecule has 10 rings (SSSR count). The van der Waals surface area contributed by atoms with Crippen molar-refractivity contribution in [3.05, 3.63) is 176 Å². The first-order chi connectivity index (χ1) is 29.6. The van der Waals surface area contributed by atoms with E-state index in [9.17, 15) is 0 Å². The number of anilines is 6. The fourth-order valence-corrected chi connectivity index (χ4v) is 9.51. The zero-order chi connectivity index (χ0) is 43.5. The van der Waals surface area contributed by atoms with Crippen molar-refractivity contribution in [2.45, 2.75) is 83.1 Å². The van der Waals surface area contributed by atoms with Crippen molar-refractivity contribution in [3.8, 4) is 0 Å². The second-order valence-corrected chi connectivity index (χ2v) is 18.1. The van der Waals surface area contributed by atoms with Gasteiger partial charge in [-0.25, -0.2) is 0 Å². The van der Waals surface area contributed by atoms with Gasteiger partial charge in [-0.1, -0.05) is 0 Å². The molecule has 0 saturated heterocycles. The Morgan fingerprint density at radius 2 is 0.516 bits per heavy atom. The molecule has 10 aromatic rings. The molecule has 0 atom stereocenters. The van der Waals surface area contributed by atoms with Crippen LogP contribution in [0, 0.1) is 83.1 Å². The summed E-state index contributed by atoms with van der Waals surface area (Å²) in [5.41, 5.74) is 25.7. The molecule has 8 aromatic carbocycles. The van der Waals surface area contributed by atoms with Crippen molar-refractivity contribution >= 4 is 88.8 Å². The van der Waals surface area contributed by atoms with Crippen LogP contribution in [0.15, 0.2) is 118 Å². The SMILES string of the molecule is Cc1cc(N(c2cc(C)c(C)c(C)c2)c2ccc3c(c2)oc2cc4cc5oc6cc(N(c7cc(C)c(C)c(C)c7)c7cc(C)c(C)c(C)c7)ccc6c5cc4cc23)cc(C)c1C. The first kappa shape index (κ1) is 39.4. The van der Waals surface area contributed by atoms with Gasteiger partial charge in [-0.15, -0.1) is 0 Å². The van der Waals surface area contributed by atoms with Crippen LogP contribution in [0.1, 0.15) is 66.8 Å². The first-order valence-electron chi connectivity index (χ1n) is 21.8. The number of nitrogens with zero attached hydrogens (tertiary/aromatic N) is 2. The van der Waals surface area contributed by atoms with Crippen molar-refractivity contribution < 1.29 is 8.83 Å². The minimum Gasteiger partial charge on any atom is -0.456 e. The summed E-state index contributed by atoms with van der Waals surface area (Å²) in [6.07, 6.45) is 0. The van der Waals surface area contributed by atoms with Crippen molar-refractivity contribution in [3.63, 3.8) is 0 Å². The van der Waals surface area contributed by atoms with Gasteiger partial charge >= 0.3 is 0 Å². The molecule has 4 nitrogen and oxygen atoms in total. The summed E-state index contributed by atoms with van der Waals surface area (Å²) in [5, 5.41) is 6.64. The van der Waals surface area contributed by atoms with Gasteiger partial charge in [-0.2, -0.15) is 0 Å². The van der Waals surface area contributed by atoms with Gasteiger partial charge in [0.1, 0.15) is 22.3 Å². The van der Waals surface area contributed by atoms with Crippen molar-refractivity contribution in [2.24, 2.45) is 0 Å². The molecule has 308 valence electrons. The Morgan fingerprint density at radius 3 is 0.806 bits per heavy atom. The molecule has 0 amide bonds. The van der Waals surface area contributed by atoms with Gasteiger partial charge in [-0.05, 0) is 258 Å². The average Bonchev–Trinajstić information content (AvgIpc) is 3.77. The summed E-state index contributed by atoms with van der Waals surface area (Å²) in [6, 6.07) is 40.7. The molecule has 0 aliphatic heterocycles. The van der Waals surface area contributed by atoms with Crippen molar-refractivity contribution in [2.75, 3.05) is 9.80 Å². The number of hydrogen-bond donors (Lipinski definition) is 0. The van der Waals surface area contributed by atoms with Gasteiger partial charge in [-0.3, -0.25) is 0 Å². The van der Waals surface area contributed by atoms with Gasteiger partial charge in [0.2, 0.25) is 0 Å². The lowest BCUT2D eigenvalue weighted by atomic mass is 9.99. The Kier molecular flexibility index (Phi) is 9.15. The molecule has 0 aliphatic rings. The van der Waals surface area contributed by atoms with Crippen LogP contribution < -0.4 is 9.80 Å². The summed E-state index contributed by atoms with van der Waals surface area (Å²) < 4.78 is 13.5. The van der Waals surface area contributed by atoms with E-state index in [0.29, 0.717) is 0 Å². The van der Waals surface area contributed by atoms with E-state index in [2.05, 4.69) is 202 Å². The lowest BCUT2D eigenvalue weighted by Gasteiger charge is -2.28. The summed E-state index contributed by atoms with van der Waals surface area (Å²) >= 11 is 0. The Bertz CT molecular complexity index is 3070. The molecule has 2 heterocycles. The molecule has 0 N–H and O–H groups in total. The lowest BCUT2D eigenvalue weighted by molar-refractivity contribution is 0.668. The van der Waals surface area contributed by atoms with Crippen LogP contribution >= 0.6 is 0 Å². The second-order valence-electron chi connectivity index (χ2n) is 18.1. The van der Waals surface area contributed by atoms with E-state index in [4.69, 9.17) is 8.83 Å². The molecule has 0 bridgehead atoms. The quantitative estimate of drug-likeness (QED) is 0.167. The monoisotopic (exact) mass is 810 g/mol. The molecule has 0 saturated carbocycles. The van der Waals surface area contributed by atoms with Crippen LogP contribution in [0.2, 0.25) is 0 Å². The Balaban J connectivity index is 1.08. The van der Waals surface area contributed by atoms with E-state index < -0.39 is 0 Å². The smallest absolute Gasteiger partial charge is 0.137 e. The normalized spacial score (nSPS) is 11.9. The van der Waals surface area contributed by atoms with Crippen LogP contribution in [-0.4, -0.2) is 0 Å². The Morgan fingerprint density at radius 1 is 0.258 bits per heavy atom. The zero-order valence-corrected chi connectivity index (χ0v) is 38.1. The number of fused-ring (bicyclic) bond motifs is 7. The fraction of sp³-hybridized carbons (Fsp3) is 0.207. The number of benzene rings is 8. The highest BCUT2D eigenvalue weighted by Gasteiger charge is 2.21. The van der Waals surface area contributed by atoms with Gasteiger partial charge in [0.25, 0.3) is 0 Å². The van der Waals surface area contributed by atoms with Crippen LogP contribution in [0.3, 0.4) is 0 Å². The highest BCUT2D eigenvalue weighted by molar-refractivity contribution is 6.15. The first-order valence-corrected chi connectivity index (χ1v) is 21.8. The molecule has 0 unspecified atom stereocenters. The highest BCUT2D eigenvalue weighted by Crippen LogP contribution is 2.44. The maximum absolute atomic E-state index is 6.74. The minimum absolute atomic E-state index is 0.862. The largest absolute Gasteiger partial charge is 0.456 e. The summed E-state index contributed by atoms with van der Waals surface area (Å²) in [6.45, 7) is 26.4. The van der Waals surface area contributed by atoms with E-state index in [1.807, 2.05) is 0 Å². The van der Waals surface area contributed by atoms with E-state index in [0.717, 1.165) is 88.8 Å². The molecular formula is C58H54N2O2. The van der Waals surface area contributed by atoms with Crippen molar-refractivity contribution in [1.29, 1.82) is 0 Å². The van der Waals surface area contributed by atoms with Gasteiger partial charge in [0, 0.05) is 67.8 Å². The van der Waals surface area contributed by atoms with Crippen LogP contribution in [0.25, 0.3) is 54.6 Å². The number of furan rings is 2. The maximum Gasteiger partial charge on any atom is 0.137 e. The predicted molar refractivity (Wildman–Crippen MR) is 265 cm³/mol. The molecule has 0 aliphatic carbocycles. The third kappa shape index (κ3) is 6.35.